The average Bonchev–Trinajstić information content (AvgIpc) is 3.31. The number of benzene rings is 2. The van der Waals surface area contributed by atoms with Crippen LogP contribution in [0.25, 0.3) is 0 Å². The molecule has 7 heteroatoms. The monoisotopic (exact) mass is 387 g/mol. The molecular formula is C17H16Cl2FNO2S. The molecule has 0 bridgehead atoms. The van der Waals surface area contributed by atoms with Crippen molar-refractivity contribution in [1.82, 2.24) is 4.72 Å². The van der Waals surface area contributed by atoms with Crippen LogP contribution in [0.2, 0.25) is 10.0 Å². The van der Waals surface area contributed by atoms with Crippen molar-refractivity contribution in [2.75, 3.05) is 6.54 Å². The molecule has 0 radical (unpaired) electrons. The van der Waals surface area contributed by atoms with E-state index in [-0.39, 0.29) is 27.7 Å². The summed E-state index contributed by atoms with van der Waals surface area (Å²) in [7, 11) is -3.75. The van der Waals surface area contributed by atoms with Crippen molar-refractivity contribution in [1.29, 1.82) is 0 Å². The second-order valence-electron chi connectivity index (χ2n) is 6.14. The van der Waals surface area contributed by atoms with Gasteiger partial charge in [0.05, 0.1) is 5.02 Å². The maximum absolute atomic E-state index is 13.1. The van der Waals surface area contributed by atoms with Crippen LogP contribution in [0.1, 0.15) is 24.0 Å². The number of hydrogen-bond acceptors (Lipinski definition) is 2. The zero-order valence-electron chi connectivity index (χ0n) is 12.9. The molecule has 2 aromatic carbocycles. The van der Waals surface area contributed by atoms with Crippen molar-refractivity contribution in [2.45, 2.75) is 30.1 Å². The summed E-state index contributed by atoms with van der Waals surface area (Å²) in [6.45, 7) is 1.97. The molecule has 128 valence electrons. The Kier molecular flexibility index (Phi) is 4.64. The van der Waals surface area contributed by atoms with Crippen LogP contribution in [-0.4, -0.2) is 15.0 Å². The van der Waals surface area contributed by atoms with E-state index in [1.54, 1.807) is 19.1 Å². The van der Waals surface area contributed by atoms with Gasteiger partial charge in [0.1, 0.15) is 10.7 Å². The van der Waals surface area contributed by atoms with Gasteiger partial charge >= 0.3 is 0 Å². The van der Waals surface area contributed by atoms with Gasteiger partial charge in [-0.25, -0.2) is 17.5 Å². The van der Waals surface area contributed by atoms with Crippen LogP contribution in [0.4, 0.5) is 4.39 Å². The van der Waals surface area contributed by atoms with E-state index in [9.17, 15) is 12.8 Å². The lowest BCUT2D eigenvalue weighted by molar-refractivity contribution is 0.566. The molecule has 3 nitrogen and oxygen atoms in total. The first-order chi connectivity index (χ1) is 11.2. The molecule has 3 rings (SSSR count). The van der Waals surface area contributed by atoms with Gasteiger partial charge in [-0.3, -0.25) is 0 Å². The summed E-state index contributed by atoms with van der Waals surface area (Å²) >= 11 is 12.0. The molecule has 0 spiro atoms. The fraction of sp³-hybridized carbons (Fsp3) is 0.294. The van der Waals surface area contributed by atoms with E-state index in [1.165, 1.54) is 24.3 Å². The zero-order chi connectivity index (χ0) is 17.5. The fourth-order valence-corrected chi connectivity index (χ4v) is 4.63. The van der Waals surface area contributed by atoms with E-state index in [4.69, 9.17) is 23.2 Å². The standard InChI is InChI=1S/C17H16Cl2FNO2S/c1-11-8-16(15(19)9-14(11)18)24(22,23)21-10-17(6-7-17)12-2-4-13(20)5-3-12/h2-5,8-9,21H,6-7,10H2,1H3. The first-order valence-electron chi connectivity index (χ1n) is 7.45. The SMILES string of the molecule is Cc1cc(S(=O)(=O)NCC2(c3ccc(F)cc3)CC2)c(Cl)cc1Cl. The van der Waals surface area contributed by atoms with Crippen LogP contribution in [0, 0.1) is 12.7 Å². The number of rotatable bonds is 5. The molecule has 0 aliphatic heterocycles. The first kappa shape index (κ1) is 17.7. The van der Waals surface area contributed by atoms with Gasteiger partial charge in [-0.2, -0.15) is 0 Å². The topological polar surface area (TPSA) is 46.2 Å². The molecule has 0 heterocycles. The lowest BCUT2D eigenvalue weighted by Gasteiger charge is -2.17. The minimum Gasteiger partial charge on any atom is -0.210 e. The minimum atomic E-state index is -3.75. The number of sulfonamides is 1. The lowest BCUT2D eigenvalue weighted by atomic mass is 9.96. The van der Waals surface area contributed by atoms with Crippen LogP contribution in [-0.2, 0) is 15.4 Å². The van der Waals surface area contributed by atoms with E-state index in [0.29, 0.717) is 10.6 Å². The number of aryl methyl sites for hydroxylation is 1. The average molecular weight is 388 g/mol. The summed E-state index contributed by atoms with van der Waals surface area (Å²) in [6, 6.07) is 9.09. The summed E-state index contributed by atoms with van der Waals surface area (Å²) < 4.78 is 40.9. The Hall–Kier alpha value is -1.14. The zero-order valence-corrected chi connectivity index (χ0v) is 15.3. The molecule has 2 aromatic rings. The fourth-order valence-electron chi connectivity index (χ4n) is 2.67. The molecule has 1 fully saturated rings. The Balaban J connectivity index is 1.81. The van der Waals surface area contributed by atoms with Gasteiger partial charge in [0.15, 0.2) is 0 Å². The van der Waals surface area contributed by atoms with Crippen molar-refractivity contribution in [2.24, 2.45) is 0 Å². The quantitative estimate of drug-likeness (QED) is 0.823. The van der Waals surface area contributed by atoms with Gasteiger partial charge in [0.25, 0.3) is 0 Å². The summed E-state index contributed by atoms with van der Waals surface area (Å²) in [6.07, 6.45) is 1.71. The molecule has 0 unspecified atom stereocenters. The Bertz CT molecular complexity index is 878. The van der Waals surface area contributed by atoms with Crippen molar-refractivity contribution in [3.05, 3.63) is 63.4 Å². The molecule has 24 heavy (non-hydrogen) atoms. The third kappa shape index (κ3) is 3.45. The van der Waals surface area contributed by atoms with Crippen molar-refractivity contribution in [3.8, 4) is 0 Å². The highest BCUT2D eigenvalue weighted by atomic mass is 35.5. The van der Waals surface area contributed by atoms with E-state index in [0.717, 1.165) is 18.4 Å². The predicted octanol–water partition coefficient (Wildman–Crippen LogP) is 4.45. The van der Waals surface area contributed by atoms with Crippen LogP contribution in [0.3, 0.4) is 0 Å². The Labute approximate surface area is 150 Å². The van der Waals surface area contributed by atoms with Gasteiger partial charge in [0.2, 0.25) is 10.0 Å². The summed E-state index contributed by atoms with van der Waals surface area (Å²) in [5.41, 5.74) is 1.31. The van der Waals surface area contributed by atoms with Crippen LogP contribution in [0.15, 0.2) is 41.3 Å². The van der Waals surface area contributed by atoms with E-state index in [2.05, 4.69) is 4.72 Å². The first-order valence-corrected chi connectivity index (χ1v) is 9.69. The van der Waals surface area contributed by atoms with Gasteiger partial charge in [-0.15, -0.1) is 0 Å². The second-order valence-corrected chi connectivity index (χ2v) is 8.69. The van der Waals surface area contributed by atoms with E-state index in [1.807, 2.05) is 0 Å². The molecule has 0 amide bonds. The summed E-state index contributed by atoms with van der Waals surface area (Å²) in [5, 5.41) is 0.508. The van der Waals surface area contributed by atoms with Crippen LogP contribution < -0.4 is 4.72 Å². The Morgan fingerprint density at radius 1 is 1.12 bits per heavy atom. The molecule has 0 saturated heterocycles. The molecule has 1 saturated carbocycles. The second kappa shape index (κ2) is 6.30. The highest BCUT2D eigenvalue weighted by molar-refractivity contribution is 7.89. The Morgan fingerprint density at radius 2 is 1.75 bits per heavy atom. The third-order valence-corrected chi connectivity index (χ3v) is 6.69. The summed E-state index contributed by atoms with van der Waals surface area (Å²) in [4.78, 5) is 0.0148. The maximum Gasteiger partial charge on any atom is 0.242 e. The maximum atomic E-state index is 13.1. The molecule has 1 N–H and O–H groups in total. The number of hydrogen-bond donors (Lipinski definition) is 1. The predicted molar refractivity (Wildman–Crippen MR) is 93.7 cm³/mol. The third-order valence-electron chi connectivity index (χ3n) is 4.41. The highest BCUT2D eigenvalue weighted by Gasteiger charge is 2.44. The lowest BCUT2D eigenvalue weighted by Crippen LogP contribution is -2.32. The van der Waals surface area contributed by atoms with Gasteiger partial charge in [0, 0.05) is 17.0 Å². The molecular weight excluding hydrogens is 372 g/mol. The van der Waals surface area contributed by atoms with E-state index >= 15 is 0 Å². The van der Waals surface area contributed by atoms with Gasteiger partial charge in [-0.1, -0.05) is 35.3 Å². The number of halogens is 3. The van der Waals surface area contributed by atoms with Gasteiger partial charge in [-0.05, 0) is 55.2 Å². The van der Waals surface area contributed by atoms with Crippen molar-refractivity contribution >= 4 is 33.2 Å². The highest BCUT2D eigenvalue weighted by Crippen LogP contribution is 2.47. The van der Waals surface area contributed by atoms with Crippen LogP contribution in [0.5, 0.6) is 0 Å². The molecule has 0 atom stereocenters. The van der Waals surface area contributed by atoms with Crippen LogP contribution >= 0.6 is 23.2 Å². The summed E-state index contributed by atoms with van der Waals surface area (Å²) in [5.74, 6) is -0.307. The van der Waals surface area contributed by atoms with E-state index < -0.39 is 10.0 Å². The Morgan fingerprint density at radius 3 is 2.33 bits per heavy atom. The number of nitrogens with one attached hydrogen (secondary N) is 1. The molecule has 0 aromatic heterocycles. The van der Waals surface area contributed by atoms with Crippen molar-refractivity contribution in [3.63, 3.8) is 0 Å². The minimum absolute atomic E-state index is 0.0148. The smallest absolute Gasteiger partial charge is 0.210 e. The van der Waals surface area contributed by atoms with Crippen molar-refractivity contribution < 1.29 is 12.8 Å². The normalized spacial score (nSPS) is 16.2. The molecule has 1 aliphatic carbocycles. The van der Waals surface area contributed by atoms with Gasteiger partial charge < -0.3 is 0 Å². The molecule has 1 aliphatic rings. The largest absolute Gasteiger partial charge is 0.242 e.